The molecule has 3 heterocycles. The molecule has 5 rings (SSSR count). The molecule has 5 aromatic rings. The first-order valence-corrected chi connectivity index (χ1v) is 12.3. The van der Waals surface area contributed by atoms with Crippen molar-refractivity contribution in [3.05, 3.63) is 78.2 Å². The van der Waals surface area contributed by atoms with Crippen LogP contribution >= 0.6 is 0 Å². The Bertz CT molecular complexity index is 1600. The number of ether oxygens (including phenoxy) is 3. The van der Waals surface area contributed by atoms with Gasteiger partial charge in [0.1, 0.15) is 23.9 Å². The summed E-state index contributed by atoms with van der Waals surface area (Å²) in [5.41, 5.74) is 10.3. The lowest BCUT2D eigenvalue weighted by molar-refractivity contribution is -0.143. The van der Waals surface area contributed by atoms with Gasteiger partial charge in [-0.25, -0.2) is 9.97 Å². The molecule has 0 aliphatic heterocycles. The highest BCUT2D eigenvalue weighted by Gasteiger charge is 2.15. The molecule has 38 heavy (non-hydrogen) atoms. The first-order valence-electron chi connectivity index (χ1n) is 12.3. The van der Waals surface area contributed by atoms with E-state index >= 15 is 0 Å². The van der Waals surface area contributed by atoms with Gasteiger partial charge in [-0.05, 0) is 35.2 Å². The largest absolute Gasteiger partial charge is 0.487 e. The smallest absolute Gasteiger partial charge is 0.310 e. The third-order valence-corrected chi connectivity index (χ3v) is 6.31. The topological polar surface area (TPSA) is 114 Å². The van der Waals surface area contributed by atoms with Crippen molar-refractivity contribution >= 4 is 33.6 Å². The zero-order valence-corrected chi connectivity index (χ0v) is 21.4. The number of nitrogen functional groups attached to an aromatic ring is 1. The Morgan fingerprint density at radius 3 is 2.71 bits per heavy atom. The molecule has 0 unspecified atom stereocenters. The minimum Gasteiger partial charge on any atom is -0.487 e. The maximum atomic E-state index is 12.3. The van der Waals surface area contributed by atoms with Crippen LogP contribution in [0, 0.1) is 0 Å². The summed E-state index contributed by atoms with van der Waals surface area (Å²) in [4.78, 5) is 21.2. The Balaban J connectivity index is 1.36. The van der Waals surface area contributed by atoms with Gasteiger partial charge >= 0.3 is 5.97 Å². The van der Waals surface area contributed by atoms with Crippen LogP contribution in [0.1, 0.15) is 17.7 Å². The summed E-state index contributed by atoms with van der Waals surface area (Å²) in [6.45, 7) is 1.09. The van der Waals surface area contributed by atoms with Crippen LogP contribution in [0.2, 0.25) is 0 Å². The predicted molar refractivity (Wildman–Crippen MR) is 146 cm³/mol. The number of benzene rings is 2. The molecule has 9 heteroatoms. The van der Waals surface area contributed by atoms with Crippen molar-refractivity contribution in [1.82, 2.24) is 19.7 Å². The molecule has 0 bridgehead atoms. The molecule has 0 radical (unpaired) electrons. The Labute approximate surface area is 220 Å². The maximum absolute atomic E-state index is 12.3. The highest BCUT2D eigenvalue weighted by molar-refractivity contribution is 5.95. The number of nitrogens with two attached hydrogens (primary N) is 1. The number of carbonyl (C=O) groups is 1. The first-order chi connectivity index (χ1) is 18.5. The van der Waals surface area contributed by atoms with Crippen molar-refractivity contribution in [1.29, 1.82) is 0 Å². The van der Waals surface area contributed by atoms with E-state index in [2.05, 4.69) is 21.1 Å². The second-order valence-electron chi connectivity index (χ2n) is 8.94. The van der Waals surface area contributed by atoms with Gasteiger partial charge in [-0.2, -0.15) is 5.10 Å². The quantitative estimate of drug-likeness (QED) is 0.216. The van der Waals surface area contributed by atoms with Gasteiger partial charge in [0.25, 0.3) is 0 Å². The Hall–Kier alpha value is -4.50. The van der Waals surface area contributed by atoms with Crippen molar-refractivity contribution in [3.63, 3.8) is 0 Å². The summed E-state index contributed by atoms with van der Waals surface area (Å²) in [6.07, 6.45) is 4.32. The average molecular weight is 512 g/mol. The minimum atomic E-state index is -0.305. The number of esters is 1. The van der Waals surface area contributed by atoms with Crippen LogP contribution in [0.4, 0.5) is 5.82 Å². The van der Waals surface area contributed by atoms with Crippen molar-refractivity contribution in [2.24, 2.45) is 7.05 Å². The number of carbonyl (C=O) groups excluding carboxylic acids is 1. The molecule has 0 amide bonds. The second kappa shape index (κ2) is 11.3. The summed E-state index contributed by atoms with van der Waals surface area (Å²) < 4.78 is 18.2. The number of para-hydroxylation sites is 1. The van der Waals surface area contributed by atoms with Crippen molar-refractivity contribution in [3.8, 4) is 16.9 Å². The number of methoxy groups -OCH3 is 1. The molecule has 0 spiro atoms. The fourth-order valence-electron chi connectivity index (χ4n) is 4.38. The third-order valence-electron chi connectivity index (χ3n) is 6.31. The van der Waals surface area contributed by atoms with E-state index in [-0.39, 0.29) is 19.0 Å². The van der Waals surface area contributed by atoms with Crippen LogP contribution in [0.15, 0.2) is 67.0 Å². The lowest BCUT2D eigenvalue weighted by Crippen LogP contribution is -2.11. The van der Waals surface area contributed by atoms with Crippen LogP contribution in [0.5, 0.6) is 5.75 Å². The van der Waals surface area contributed by atoms with Gasteiger partial charge in [-0.1, -0.05) is 30.3 Å². The van der Waals surface area contributed by atoms with E-state index in [9.17, 15) is 4.79 Å². The number of nitrogens with zero attached hydrogens (tertiary/aromatic N) is 4. The number of rotatable bonds is 10. The van der Waals surface area contributed by atoms with Crippen LogP contribution in [-0.4, -0.2) is 46.0 Å². The third kappa shape index (κ3) is 5.42. The van der Waals surface area contributed by atoms with E-state index in [1.54, 1.807) is 18.0 Å². The van der Waals surface area contributed by atoms with Crippen LogP contribution in [0.3, 0.4) is 0 Å². The summed E-state index contributed by atoms with van der Waals surface area (Å²) in [5.74, 6) is 0.800. The van der Waals surface area contributed by atoms with Gasteiger partial charge in [-0.15, -0.1) is 0 Å². The molecule has 2 aromatic carbocycles. The zero-order valence-electron chi connectivity index (χ0n) is 21.4. The fourth-order valence-corrected chi connectivity index (χ4v) is 4.38. The minimum absolute atomic E-state index is 0.123. The molecule has 194 valence electrons. The normalized spacial score (nSPS) is 11.2. The molecule has 3 aromatic heterocycles. The molecule has 2 N–H and O–H groups in total. The first kappa shape index (κ1) is 25.2. The maximum Gasteiger partial charge on any atom is 0.310 e. The Morgan fingerprint density at radius 2 is 1.84 bits per heavy atom. The Kier molecular flexibility index (Phi) is 7.46. The highest BCUT2D eigenvalue weighted by Crippen LogP contribution is 2.29. The van der Waals surface area contributed by atoms with Gasteiger partial charge in [0.15, 0.2) is 5.65 Å². The lowest BCUT2D eigenvalue weighted by atomic mass is 10.0. The van der Waals surface area contributed by atoms with Gasteiger partial charge in [0.2, 0.25) is 0 Å². The van der Waals surface area contributed by atoms with Crippen molar-refractivity contribution < 1.29 is 19.0 Å². The van der Waals surface area contributed by atoms with Crippen LogP contribution < -0.4 is 10.5 Å². The van der Waals surface area contributed by atoms with E-state index in [0.29, 0.717) is 31.2 Å². The van der Waals surface area contributed by atoms with Crippen molar-refractivity contribution in [2.45, 2.75) is 19.4 Å². The number of aromatic nitrogens is 4. The summed E-state index contributed by atoms with van der Waals surface area (Å²) in [7, 11) is 3.48. The summed E-state index contributed by atoms with van der Waals surface area (Å²) in [5, 5.41) is 7.46. The van der Waals surface area contributed by atoms with Gasteiger partial charge < -0.3 is 19.9 Å². The number of hydrogen-bond acceptors (Lipinski definition) is 8. The number of anilines is 1. The molecular weight excluding hydrogens is 482 g/mol. The van der Waals surface area contributed by atoms with E-state index in [1.807, 2.05) is 61.8 Å². The van der Waals surface area contributed by atoms with Crippen molar-refractivity contribution in [2.75, 3.05) is 26.1 Å². The molecule has 0 aliphatic rings. The van der Waals surface area contributed by atoms with E-state index in [0.717, 1.165) is 44.2 Å². The molecular formula is C29H29N5O4. The number of hydrogen-bond donors (Lipinski definition) is 1. The standard InChI is InChI=1S/C29H29N5O4/c1-34-29-24(15-22(17-32-29)20-9-8-19-10-11-31-28(30)23(19)14-20)25(33-34)18-38-26-7-4-3-6-21(26)16-27(35)37-13-5-12-36-2/h3-4,6-11,14-15,17H,5,12-13,16,18H2,1-2H3,(H2,30,31). The number of aryl methyl sites for hydroxylation is 1. The molecule has 0 fully saturated rings. The van der Waals surface area contributed by atoms with E-state index < -0.39 is 0 Å². The zero-order chi connectivity index (χ0) is 26.5. The van der Waals surface area contributed by atoms with E-state index in [1.165, 1.54) is 0 Å². The lowest BCUT2D eigenvalue weighted by Gasteiger charge is -2.11. The molecule has 0 saturated heterocycles. The van der Waals surface area contributed by atoms with Crippen LogP contribution in [-0.2, 0) is 34.3 Å². The van der Waals surface area contributed by atoms with E-state index in [4.69, 9.17) is 19.9 Å². The van der Waals surface area contributed by atoms with Gasteiger partial charge in [-0.3, -0.25) is 9.48 Å². The highest BCUT2D eigenvalue weighted by atomic mass is 16.5. The Morgan fingerprint density at radius 1 is 1.00 bits per heavy atom. The molecule has 0 atom stereocenters. The SMILES string of the molecule is COCCCOC(=O)Cc1ccccc1OCc1nn(C)c2ncc(-c3ccc4ccnc(N)c4c3)cc12. The average Bonchev–Trinajstić information content (AvgIpc) is 3.25. The monoisotopic (exact) mass is 511 g/mol. The molecule has 9 nitrogen and oxygen atoms in total. The summed E-state index contributed by atoms with van der Waals surface area (Å²) in [6, 6.07) is 17.5. The fraction of sp³-hybridized carbons (Fsp3) is 0.241. The number of fused-ring (bicyclic) bond motifs is 2. The molecule has 0 aliphatic carbocycles. The van der Waals surface area contributed by atoms with Gasteiger partial charge in [0, 0.05) is 61.5 Å². The summed E-state index contributed by atoms with van der Waals surface area (Å²) >= 11 is 0. The van der Waals surface area contributed by atoms with Crippen LogP contribution in [0.25, 0.3) is 32.9 Å². The second-order valence-corrected chi connectivity index (χ2v) is 8.94. The number of pyridine rings is 2. The predicted octanol–water partition coefficient (Wildman–Crippen LogP) is 4.47. The van der Waals surface area contributed by atoms with Gasteiger partial charge in [0.05, 0.1) is 13.0 Å². The molecule has 0 saturated carbocycles.